The molecule has 0 radical (unpaired) electrons. The highest BCUT2D eigenvalue weighted by Gasteiger charge is 2.48. The summed E-state index contributed by atoms with van der Waals surface area (Å²) >= 11 is 0. The third-order valence-corrected chi connectivity index (χ3v) is 9.17. The molecule has 3 aliphatic rings. The van der Waals surface area contributed by atoms with E-state index in [1.807, 2.05) is 0 Å². The molecule has 0 amide bonds. The number of hydrogen-bond acceptors (Lipinski definition) is 1. The maximum absolute atomic E-state index is 2.67. The Kier molecular flexibility index (Phi) is 3.42. The number of aryl methyl sites for hydroxylation is 1. The van der Waals surface area contributed by atoms with E-state index in [4.69, 9.17) is 0 Å². The van der Waals surface area contributed by atoms with Crippen LogP contribution in [0.3, 0.4) is 0 Å². The molecule has 4 heterocycles. The SMILES string of the molecule is Cc1cc2c3c(c1)-n1c4ccccc4c4cccc(c41)B3N1c3ccccc3C(C)(C)c3cccc-2c31. The van der Waals surface area contributed by atoms with Crippen LogP contribution in [-0.4, -0.2) is 11.4 Å². The Morgan fingerprint density at radius 3 is 2.35 bits per heavy atom. The molecular formula is C34H25BN2. The van der Waals surface area contributed by atoms with Crippen LogP contribution >= 0.6 is 0 Å². The van der Waals surface area contributed by atoms with Crippen molar-refractivity contribution in [3.05, 3.63) is 114 Å². The van der Waals surface area contributed by atoms with Gasteiger partial charge in [-0.2, -0.15) is 0 Å². The van der Waals surface area contributed by atoms with E-state index in [2.05, 4.69) is 127 Å². The normalized spacial score (nSPS) is 15.5. The van der Waals surface area contributed by atoms with Crippen molar-refractivity contribution in [2.45, 2.75) is 26.2 Å². The van der Waals surface area contributed by atoms with E-state index in [1.54, 1.807) is 0 Å². The maximum Gasteiger partial charge on any atom is 0.333 e. The van der Waals surface area contributed by atoms with E-state index in [9.17, 15) is 0 Å². The lowest BCUT2D eigenvalue weighted by Crippen LogP contribution is -2.62. The maximum atomic E-state index is 2.67. The van der Waals surface area contributed by atoms with Gasteiger partial charge in [0.05, 0.1) is 11.0 Å². The van der Waals surface area contributed by atoms with Gasteiger partial charge in [0, 0.05) is 38.8 Å². The molecule has 0 N–H and O–H groups in total. The lowest BCUT2D eigenvalue weighted by atomic mass is 9.43. The van der Waals surface area contributed by atoms with Crippen LogP contribution in [0.1, 0.15) is 30.5 Å². The zero-order valence-electron chi connectivity index (χ0n) is 21.2. The topological polar surface area (TPSA) is 8.17 Å². The Hall–Kier alpha value is -4.24. The first-order valence-corrected chi connectivity index (χ1v) is 13.3. The number of anilines is 2. The van der Waals surface area contributed by atoms with E-state index in [-0.39, 0.29) is 12.3 Å². The average molecular weight is 472 g/mol. The number of nitrogens with zero attached hydrogens (tertiary/aromatic N) is 2. The number of benzene rings is 5. The van der Waals surface area contributed by atoms with Crippen LogP contribution in [0.15, 0.2) is 97.1 Å². The second kappa shape index (κ2) is 6.36. The highest BCUT2D eigenvalue weighted by atomic mass is 15.1. The first-order valence-electron chi connectivity index (χ1n) is 13.3. The fourth-order valence-electron chi connectivity index (χ4n) is 7.68. The zero-order valence-corrected chi connectivity index (χ0v) is 21.2. The number of para-hydroxylation sites is 4. The molecule has 0 saturated heterocycles. The van der Waals surface area contributed by atoms with E-state index < -0.39 is 0 Å². The summed E-state index contributed by atoms with van der Waals surface area (Å²) in [4.78, 5) is 2.67. The average Bonchev–Trinajstić information content (AvgIpc) is 3.26. The molecule has 0 atom stereocenters. The van der Waals surface area contributed by atoms with Gasteiger partial charge in [-0.05, 0) is 58.3 Å². The van der Waals surface area contributed by atoms with Crippen LogP contribution in [0.2, 0.25) is 0 Å². The molecule has 5 aromatic carbocycles. The van der Waals surface area contributed by atoms with Crippen molar-refractivity contribution >= 4 is 51.0 Å². The zero-order chi connectivity index (χ0) is 24.6. The smallest absolute Gasteiger partial charge is 0.333 e. The lowest BCUT2D eigenvalue weighted by Gasteiger charge is -2.49. The Bertz CT molecular complexity index is 1990. The quantitative estimate of drug-likeness (QED) is 0.217. The van der Waals surface area contributed by atoms with Gasteiger partial charge in [0.15, 0.2) is 0 Å². The predicted molar refractivity (Wildman–Crippen MR) is 157 cm³/mol. The summed E-state index contributed by atoms with van der Waals surface area (Å²) < 4.78 is 2.54. The molecule has 174 valence electrons. The third-order valence-electron chi connectivity index (χ3n) is 9.17. The van der Waals surface area contributed by atoms with Crippen molar-refractivity contribution in [2.75, 3.05) is 4.81 Å². The predicted octanol–water partition coefficient (Wildman–Crippen LogP) is 6.97. The van der Waals surface area contributed by atoms with Gasteiger partial charge in [0.2, 0.25) is 0 Å². The minimum Gasteiger partial charge on any atom is -0.376 e. The highest BCUT2D eigenvalue weighted by Crippen LogP contribution is 2.54. The number of hydrogen-bond donors (Lipinski definition) is 0. The Balaban J connectivity index is 1.53. The van der Waals surface area contributed by atoms with Gasteiger partial charge in [0.25, 0.3) is 0 Å². The minimum absolute atomic E-state index is 0.0713. The van der Waals surface area contributed by atoms with Crippen LogP contribution < -0.4 is 15.7 Å². The second-order valence-corrected chi connectivity index (χ2v) is 11.5. The van der Waals surface area contributed by atoms with Gasteiger partial charge in [0.1, 0.15) is 0 Å². The third kappa shape index (κ3) is 2.17. The van der Waals surface area contributed by atoms with E-state index in [0.29, 0.717) is 0 Å². The summed E-state index contributed by atoms with van der Waals surface area (Å²) in [6.07, 6.45) is 0. The molecule has 0 spiro atoms. The van der Waals surface area contributed by atoms with Gasteiger partial charge >= 0.3 is 6.85 Å². The molecule has 3 heteroatoms. The number of rotatable bonds is 0. The molecule has 1 aromatic heterocycles. The molecule has 0 aliphatic carbocycles. The van der Waals surface area contributed by atoms with Crippen molar-refractivity contribution in [2.24, 2.45) is 0 Å². The Morgan fingerprint density at radius 1 is 0.676 bits per heavy atom. The van der Waals surface area contributed by atoms with Crippen LogP contribution in [-0.2, 0) is 5.41 Å². The van der Waals surface area contributed by atoms with Gasteiger partial charge < -0.3 is 9.38 Å². The summed E-state index contributed by atoms with van der Waals surface area (Å²) in [7, 11) is 0. The standard InChI is InChI=1S/C34H25BN2/c1-20-18-24-23-11-8-14-26-32(23)37(29-17-7-5-13-25(29)34(26,2)3)35-27-15-9-12-22-21-10-4-6-16-28(21)36(33(22)27)30(19-20)31(24)35/h4-19H,1-3H3. The van der Waals surface area contributed by atoms with Crippen molar-refractivity contribution in [1.82, 2.24) is 4.57 Å². The van der Waals surface area contributed by atoms with E-state index in [0.717, 1.165) is 0 Å². The molecule has 2 nitrogen and oxygen atoms in total. The number of aromatic nitrogens is 1. The fraction of sp³-hybridized carbons (Fsp3) is 0.118. The molecule has 0 unspecified atom stereocenters. The van der Waals surface area contributed by atoms with Crippen molar-refractivity contribution in [1.29, 1.82) is 0 Å². The molecule has 0 bridgehead atoms. The van der Waals surface area contributed by atoms with E-state index >= 15 is 0 Å². The largest absolute Gasteiger partial charge is 0.376 e. The molecule has 0 saturated carbocycles. The van der Waals surface area contributed by atoms with Gasteiger partial charge in [-0.3, -0.25) is 0 Å². The number of fused-ring (bicyclic) bond motifs is 9. The summed E-state index contributed by atoms with van der Waals surface area (Å²) in [5.41, 5.74) is 16.3. The molecule has 3 aliphatic heterocycles. The second-order valence-electron chi connectivity index (χ2n) is 11.5. The minimum atomic E-state index is -0.0713. The monoisotopic (exact) mass is 472 g/mol. The summed E-state index contributed by atoms with van der Waals surface area (Å²) in [5.74, 6) is 0. The Morgan fingerprint density at radius 2 is 1.43 bits per heavy atom. The van der Waals surface area contributed by atoms with E-state index in [1.165, 1.54) is 77.6 Å². The summed E-state index contributed by atoms with van der Waals surface area (Å²) in [6.45, 7) is 7.14. The van der Waals surface area contributed by atoms with Crippen molar-refractivity contribution < 1.29 is 0 Å². The van der Waals surface area contributed by atoms with Crippen LogP contribution in [0.4, 0.5) is 11.4 Å². The molecule has 0 fully saturated rings. The molecule has 37 heavy (non-hydrogen) atoms. The van der Waals surface area contributed by atoms with Crippen molar-refractivity contribution in [3.63, 3.8) is 0 Å². The molecular weight excluding hydrogens is 447 g/mol. The van der Waals surface area contributed by atoms with Crippen molar-refractivity contribution in [3.8, 4) is 16.8 Å². The first-order chi connectivity index (χ1) is 18.1. The fourth-order valence-corrected chi connectivity index (χ4v) is 7.68. The Labute approximate surface area is 216 Å². The molecule has 6 aromatic rings. The van der Waals surface area contributed by atoms with Crippen LogP contribution in [0.5, 0.6) is 0 Å². The summed E-state index contributed by atoms with van der Waals surface area (Å²) in [5, 5.41) is 2.66. The van der Waals surface area contributed by atoms with Gasteiger partial charge in [-0.15, -0.1) is 0 Å². The molecule has 9 rings (SSSR count). The summed E-state index contributed by atoms with van der Waals surface area (Å²) in [6, 6.07) is 36.7. The van der Waals surface area contributed by atoms with Gasteiger partial charge in [-0.1, -0.05) is 92.7 Å². The van der Waals surface area contributed by atoms with Crippen LogP contribution in [0, 0.1) is 6.92 Å². The first kappa shape index (κ1) is 19.9. The highest BCUT2D eigenvalue weighted by molar-refractivity contribution is 6.93. The van der Waals surface area contributed by atoms with Gasteiger partial charge in [-0.25, -0.2) is 0 Å². The lowest BCUT2D eigenvalue weighted by molar-refractivity contribution is 0.634. The van der Waals surface area contributed by atoms with Crippen LogP contribution in [0.25, 0.3) is 38.6 Å².